The van der Waals surface area contributed by atoms with Crippen molar-refractivity contribution in [3.63, 3.8) is 0 Å². The van der Waals surface area contributed by atoms with Crippen LogP contribution in [0.2, 0.25) is 0 Å². The molecule has 0 unspecified atom stereocenters. The molecule has 2 rings (SSSR count). The molecule has 2 aromatic heterocycles. The second-order valence-electron chi connectivity index (χ2n) is 3.43. The van der Waals surface area contributed by atoms with Crippen LogP contribution in [0.1, 0.15) is 4.88 Å². The van der Waals surface area contributed by atoms with Gasteiger partial charge < -0.3 is 5.73 Å². The molecule has 0 aliphatic heterocycles. The molecular formula is C9H12N4O2S2. The Balaban J connectivity index is 2.24. The van der Waals surface area contributed by atoms with E-state index in [4.69, 9.17) is 5.73 Å². The Morgan fingerprint density at radius 3 is 2.88 bits per heavy atom. The molecular weight excluding hydrogens is 260 g/mol. The molecule has 8 heteroatoms. The second kappa shape index (κ2) is 4.47. The lowest BCUT2D eigenvalue weighted by Crippen LogP contribution is -2.12. The van der Waals surface area contributed by atoms with Crippen LogP contribution in [0.4, 0.5) is 5.82 Å². The predicted molar refractivity (Wildman–Crippen MR) is 66.2 cm³/mol. The first-order chi connectivity index (χ1) is 8.01. The second-order valence-corrected chi connectivity index (χ2v) is 6.11. The third-order valence-corrected chi connectivity index (χ3v) is 4.54. The predicted octanol–water partition coefficient (Wildman–Crippen LogP) is 0.741. The van der Waals surface area contributed by atoms with Crippen molar-refractivity contribution >= 4 is 27.2 Å². The van der Waals surface area contributed by atoms with Crippen LogP contribution < -0.4 is 10.5 Å². The van der Waals surface area contributed by atoms with E-state index in [9.17, 15) is 8.42 Å². The van der Waals surface area contributed by atoms with Gasteiger partial charge in [-0.1, -0.05) is 0 Å². The summed E-state index contributed by atoms with van der Waals surface area (Å²) in [7, 11) is -1.84. The minimum Gasteiger partial charge on any atom is -0.326 e. The number of aromatic nitrogens is 2. The Kier molecular flexibility index (Phi) is 3.18. The average Bonchev–Trinajstić information content (AvgIpc) is 2.86. The fourth-order valence-electron chi connectivity index (χ4n) is 1.27. The highest BCUT2D eigenvalue weighted by atomic mass is 32.2. The highest BCUT2D eigenvalue weighted by Gasteiger charge is 2.17. The van der Waals surface area contributed by atoms with Gasteiger partial charge in [0.05, 0.1) is 4.90 Å². The highest BCUT2D eigenvalue weighted by molar-refractivity contribution is 7.92. The van der Waals surface area contributed by atoms with Crippen LogP contribution in [0, 0.1) is 0 Å². The monoisotopic (exact) mass is 272 g/mol. The number of aryl methyl sites for hydroxylation is 1. The van der Waals surface area contributed by atoms with Gasteiger partial charge in [-0.15, -0.1) is 11.3 Å². The lowest BCUT2D eigenvalue weighted by molar-refractivity contribution is 0.601. The first-order valence-corrected chi connectivity index (χ1v) is 7.17. The highest BCUT2D eigenvalue weighted by Crippen LogP contribution is 2.20. The number of hydrogen-bond acceptors (Lipinski definition) is 5. The molecule has 2 heterocycles. The fourth-order valence-corrected chi connectivity index (χ4v) is 3.43. The van der Waals surface area contributed by atoms with Crippen molar-refractivity contribution in [2.75, 3.05) is 4.72 Å². The largest absolute Gasteiger partial charge is 0.326 e. The third-order valence-electron chi connectivity index (χ3n) is 2.09. The summed E-state index contributed by atoms with van der Waals surface area (Å²) < 4.78 is 27.8. The molecule has 0 aromatic carbocycles. The zero-order valence-corrected chi connectivity index (χ0v) is 10.8. The van der Waals surface area contributed by atoms with Crippen LogP contribution in [0.15, 0.2) is 28.6 Å². The maximum atomic E-state index is 11.9. The summed E-state index contributed by atoms with van der Waals surface area (Å²) in [5.41, 5.74) is 5.44. The van der Waals surface area contributed by atoms with Gasteiger partial charge in [0.25, 0.3) is 10.0 Å². The van der Waals surface area contributed by atoms with E-state index in [1.807, 2.05) is 0 Å². The number of anilines is 1. The van der Waals surface area contributed by atoms with Gasteiger partial charge in [0.2, 0.25) is 0 Å². The summed E-state index contributed by atoms with van der Waals surface area (Å²) in [4.78, 5) is 1.04. The number of nitrogens with two attached hydrogens (primary N) is 1. The molecule has 0 atom stereocenters. The van der Waals surface area contributed by atoms with Crippen LogP contribution in [-0.2, 0) is 23.6 Å². The Labute approximate surface area is 103 Å². The molecule has 0 aliphatic carbocycles. The summed E-state index contributed by atoms with van der Waals surface area (Å²) >= 11 is 1.32. The van der Waals surface area contributed by atoms with Gasteiger partial charge in [-0.2, -0.15) is 5.10 Å². The maximum Gasteiger partial charge on any atom is 0.263 e. The van der Waals surface area contributed by atoms with E-state index in [1.54, 1.807) is 30.8 Å². The fraction of sp³-hybridized carbons (Fsp3) is 0.222. The van der Waals surface area contributed by atoms with Crippen LogP contribution >= 0.6 is 11.3 Å². The van der Waals surface area contributed by atoms with E-state index >= 15 is 0 Å². The lowest BCUT2D eigenvalue weighted by Gasteiger charge is -2.02. The SMILES string of the molecule is Cn1ccc(NS(=O)(=O)c2csc(CN)c2)n1. The van der Waals surface area contributed by atoms with Crippen LogP contribution in [0.3, 0.4) is 0 Å². The molecule has 0 saturated heterocycles. The molecule has 0 amide bonds. The molecule has 0 fully saturated rings. The first kappa shape index (κ1) is 12.1. The minimum atomic E-state index is -3.56. The van der Waals surface area contributed by atoms with Gasteiger partial charge in [0.15, 0.2) is 5.82 Å². The molecule has 17 heavy (non-hydrogen) atoms. The summed E-state index contributed by atoms with van der Waals surface area (Å²) in [6.07, 6.45) is 1.66. The topological polar surface area (TPSA) is 90.0 Å². The number of nitrogens with one attached hydrogen (secondary N) is 1. The van der Waals surface area contributed by atoms with Crippen LogP contribution in [-0.4, -0.2) is 18.2 Å². The van der Waals surface area contributed by atoms with E-state index in [2.05, 4.69) is 9.82 Å². The van der Waals surface area contributed by atoms with E-state index < -0.39 is 10.0 Å². The number of nitrogens with zero attached hydrogens (tertiary/aromatic N) is 2. The molecule has 6 nitrogen and oxygen atoms in total. The molecule has 3 N–H and O–H groups in total. The smallest absolute Gasteiger partial charge is 0.263 e. The van der Waals surface area contributed by atoms with Gasteiger partial charge in [-0.25, -0.2) is 8.42 Å². The van der Waals surface area contributed by atoms with Crippen molar-refractivity contribution in [2.24, 2.45) is 12.8 Å². The summed E-state index contributed by atoms with van der Waals surface area (Å²) in [6.45, 7) is 0.337. The Bertz CT molecular complexity index is 614. The molecule has 92 valence electrons. The third kappa shape index (κ3) is 2.65. The van der Waals surface area contributed by atoms with Crippen molar-refractivity contribution in [1.29, 1.82) is 0 Å². The number of sulfonamides is 1. The first-order valence-electron chi connectivity index (χ1n) is 4.81. The summed E-state index contributed by atoms with van der Waals surface area (Å²) in [6, 6.07) is 3.16. The quantitative estimate of drug-likeness (QED) is 0.859. The van der Waals surface area contributed by atoms with Gasteiger partial charge in [0.1, 0.15) is 0 Å². The molecule has 0 spiro atoms. The van der Waals surface area contributed by atoms with Crippen molar-refractivity contribution in [3.05, 3.63) is 28.6 Å². The molecule has 0 aliphatic rings. The van der Waals surface area contributed by atoms with Crippen LogP contribution in [0.25, 0.3) is 0 Å². The minimum absolute atomic E-state index is 0.216. The Hall–Kier alpha value is -1.38. The van der Waals surface area contributed by atoms with Gasteiger partial charge >= 0.3 is 0 Å². The number of thiophene rings is 1. The molecule has 0 radical (unpaired) electrons. The average molecular weight is 272 g/mol. The van der Waals surface area contributed by atoms with Crippen molar-refractivity contribution in [2.45, 2.75) is 11.4 Å². The van der Waals surface area contributed by atoms with Gasteiger partial charge in [-0.05, 0) is 6.07 Å². The van der Waals surface area contributed by atoms with Crippen LogP contribution in [0.5, 0.6) is 0 Å². The van der Waals surface area contributed by atoms with Crippen molar-refractivity contribution < 1.29 is 8.42 Å². The molecule has 2 aromatic rings. The maximum absolute atomic E-state index is 11.9. The Morgan fingerprint density at radius 2 is 2.35 bits per heavy atom. The number of hydrogen-bond donors (Lipinski definition) is 2. The zero-order valence-electron chi connectivity index (χ0n) is 9.12. The normalized spacial score (nSPS) is 11.6. The molecule has 0 saturated carbocycles. The lowest BCUT2D eigenvalue weighted by atomic mass is 10.5. The Morgan fingerprint density at radius 1 is 1.59 bits per heavy atom. The summed E-state index contributed by atoms with van der Waals surface area (Å²) in [5, 5.41) is 5.52. The molecule has 0 bridgehead atoms. The van der Waals surface area contributed by atoms with E-state index in [0.29, 0.717) is 12.4 Å². The van der Waals surface area contributed by atoms with Crippen molar-refractivity contribution in [3.8, 4) is 0 Å². The van der Waals surface area contributed by atoms with Gasteiger partial charge in [-0.3, -0.25) is 9.40 Å². The van der Waals surface area contributed by atoms with Crippen molar-refractivity contribution in [1.82, 2.24) is 9.78 Å². The summed E-state index contributed by atoms with van der Waals surface area (Å²) in [5.74, 6) is 0.299. The van der Waals surface area contributed by atoms with E-state index in [0.717, 1.165) is 4.88 Å². The van der Waals surface area contributed by atoms with E-state index in [-0.39, 0.29) is 4.90 Å². The zero-order chi connectivity index (χ0) is 12.5. The van der Waals surface area contributed by atoms with Gasteiger partial charge in [0, 0.05) is 36.1 Å². The standard InChI is InChI=1S/C9H12N4O2S2/c1-13-3-2-9(11-13)12-17(14,15)8-4-7(5-10)16-6-8/h2-4,6H,5,10H2,1H3,(H,11,12). The van der Waals surface area contributed by atoms with E-state index in [1.165, 1.54) is 16.0 Å². The number of rotatable bonds is 4.